The second-order valence-corrected chi connectivity index (χ2v) is 10.7. The first-order chi connectivity index (χ1) is 18.1. The van der Waals surface area contributed by atoms with Gasteiger partial charge in [0, 0.05) is 18.7 Å². The molecule has 0 unspecified atom stereocenters. The fourth-order valence-electron chi connectivity index (χ4n) is 3.79. The molecule has 2 amide bonds. The number of para-hydroxylation sites is 2. The van der Waals surface area contributed by atoms with Gasteiger partial charge < -0.3 is 20.1 Å². The van der Waals surface area contributed by atoms with Crippen molar-refractivity contribution >= 4 is 39.1 Å². The molecule has 0 aliphatic carbocycles. The lowest BCUT2D eigenvalue weighted by molar-refractivity contribution is -0.132. The van der Waals surface area contributed by atoms with Crippen LogP contribution < -0.4 is 14.8 Å². The number of rotatable bonds is 8. The van der Waals surface area contributed by atoms with Gasteiger partial charge in [-0.2, -0.15) is 0 Å². The molecule has 3 aromatic rings. The Morgan fingerprint density at radius 1 is 1.03 bits per heavy atom. The van der Waals surface area contributed by atoms with Gasteiger partial charge in [-0.05, 0) is 67.4 Å². The van der Waals surface area contributed by atoms with Crippen molar-refractivity contribution in [1.29, 1.82) is 0 Å². The van der Waals surface area contributed by atoms with Gasteiger partial charge in [0.2, 0.25) is 5.91 Å². The molecule has 1 aliphatic rings. The quantitative estimate of drug-likeness (QED) is 0.384. The second kappa shape index (κ2) is 11.8. The van der Waals surface area contributed by atoms with E-state index in [0.29, 0.717) is 25.9 Å². The van der Waals surface area contributed by atoms with E-state index in [-0.39, 0.29) is 45.1 Å². The van der Waals surface area contributed by atoms with Crippen molar-refractivity contribution in [3.8, 4) is 11.5 Å². The first-order valence-corrected chi connectivity index (χ1v) is 13.6. The molecular weight excluding hydrogens is 537 g/mol. The number of sulfonamides is 1. The minimum atomic E-state index is -4.07. The lowest BCUT2D eigenvalue weighted by Crippen LogP contribution is -2.45. The Kier molecular flexibility index (Phi) is 8.50. The lowest BCUT2D eigenvalue weighted by atomic mass is 10.1. The number of anilines is 1. The normalized spacial score (nSPS) is 14.1. The predicted molar refractivity (Wildman–Crippen MR) is 139 cm³/mol. The van der Waals surface area contributed by atoms with Gasteiger partial charge in [-0.3, -0.25) is 14.3 Å². The van der Waals surface area contributed by atoms with Gasteiger partial charge >= 0.3 is 0 Å². The fourth-order valence-corrected chi connectivity index (χ4v) is 5.07. The molecule has 38 heavy (non-hydrogen) atoms. The van der Waals surface area contributed by atoms with Crippen LogP contribution in [-0.4, -0.2) is 56.0 Å². The molecule has 3 aromatic carbocycles. The molecule has 12 heteroatoms. The maximum Gasteiger partial charge on any atom is 0.262 e. The molecule has 1 saturated heterocycles. The molecule has 0 aromatic heterocycles. The third kappa shape index (κ3) is 6.80. The summed E-state index contributed by atoms with van der Waals surface area (Å²) in [6.45, 7) is 0.659. The molecule has 0 atom stereocenters. The van der Waals surface area contributed by atoms with Crippen LogP contribution in [0.5, 0.6) is 11.5 Å². The van der Waals surface area contributed by atoms with E-state index in [0.717, 1.165) is 6.07 Å². The highest BCUT2D eigenvalue weighted by atomic mass is 35.5. The van der Waals surface area contributed by atoms with Crippen molar-refractivity contribution in [2.75, 3.05) is 24.4 Å². The molecule has 3 N–H and O–H groups in total. The van der Waals surface area contributed by atoms with E-state index in [2.05, 4.69) is 10.0 Å². The van der Waals surface area contributed by atoms with E-state index in [4.69, 9.17) is 16.3 Å². The van der Waals surface area contributed by atoms with Crippen LogP contribution in [0, 0.1) is 5.82 Å². The zero-order valence-electron chi connectivity index (χ0n) is 20.1. The van der Waals surface area contributed by atoms with Gasteiger partial charge in [0.15, 0.2) is 5.75 Å². The highest BCUT2D eigenvalue weighted by molar-refractivity contribution is 7.92. The van der Waals surface area contributed by atoms with Crippen molar-refractivity contribution in [3.05, 3.63) is 83.1 Å². The number of amides is 2. The molecule has 1 heterocycles. The van der Waals surface area contributed by atoms with E-state index in [9.17, 15) is 27.5 Å². The monoisotopic (exact) mass is 561 g/mol. The van der Waals surface area contributed by atoms with Crippen molar-refractivity contribution in [2.24, 2.45) is 0 Å². The topological polar surface area (TPSA) is 125 Å². The van der Waals surface area contributed by atoms with Crippen LogP contribution in [0.2, 0.25) is 5.02 Å². The highest BCUT2D eigenvalue weighted by Gasteiger charge is 2.22. The summed E-state index contributed by atoms with van der Waals surface area (Å²) in [7, 11) is -4.07. The minimum Gasteiger partial charge on any atom is -0.454 e. The molecule has 1 fully saturated rings. The number of carbonyl (C=O) groups excluding carboxylic acids is 2. The van der Waals surface area contributed by atoms with E-state index in [1.807, 2.05) is 0 Å². The summed E-state index contributed by atoms with van der Waals surface area (Å²) >= 11 is 6.02. The Balaban J connectivity index is 1.40. The number of hydrogen-bond donors (Lipinski definition) is 3. The number of hydrogen-bond acceptors (Lipinski definition) is 6. The smallest absolute Gasteiger partial charge is 0.262 e. The molecule has 0 spiro atoms. The van der Waals surface area contributed by atoms with Gasteiger partial charge in [-0.1, -0.05) is 23.7 Å². The van der Waals surface area contributed by atoms with Crippen LogP contribution in [0.4, 0.5) is 10.1 Å². The maximum atomic E-state index is 13.3. The average molecular weight is 562 g/mol. The Hall–Kier alpha value is -3.67. The van der Waals surface area contributed by atoms with Gasteiger partial charge in [-0.15, -0.1) is 0 Å². The van der Waals surface area contributed by atoms with Crippen molar-refractivity contribution < 1.29 is 32.2 Å². The predicted octanol–water partition coefficient (Wildman–Crippen LogP) is 3.79. The molecular formula is C26H25ClFN3O6S. The van der Waals surface area contributed by atoms with Gasteiger partial charge in [0.05, 0.1) is 28.3 Å². The lowest BCUT2D eigenvalue weighted by Gasteiger charge is -2.29. The fraction of sp³-hybridized carbons (Fsp3) is 0.231. The zero-order valence-corrected chi connectivity index (χ0v) is 21.6. The van der Waals surface area contributed by atoms with E-state index in [1.165, 1.54) is 48.5 Å². The first-order valence-electron chi connectivity index (χ1n) is 11.7. The number of aliphatic hydroxyl groups is 1. The highest BCUT2D eigenvalue weighted by Crippen LogP contribution is 2.35. The van der Waals surface area contributed by atoms with Gasteiger partial charge in [-0.25, -0.2) is 12.8 Å². The number of benzene rings is 3. The van der Waals surface area contributed by atoms with Crippen LogP contribution in [-0.2, 0) is 14.8 Å². The van der Waals surface area contributed by atoms with Crippen LogP contribution in [0.1, 0.15) is 23.2 Å². The SMILES string of the molecule is O=C(NCC(=O)N1CCC(O)CC1)c1ccc(S(=O)(=O)Nc2ccccc2Oc2ccc(F)cc2Cl)cc1. The summed E-state index contributed by atoms with van der Waals surface area (Å²) in [5, 5.41) is 12.1. The maximum absolute atomic E-state index is 13.3. The number of piperidine rings is 1. The number of aliphatic hydroxyl groups excluding tert-OH is 1. The Morgan fingerprint density at radius 2 is 1.71 bits per heavy atom. The van der Waals surface area contributed by atoms with Gasteiger partial charge in [0.25, 0.3) is 15.9 Å². The van der Waals surface area contributed by atoms with E-state index in [1.54, 1.807) is 17.0 Å². The number of halogens is 2. The van der Waals surface area contributed by atoms with Crippen LogP contribution in [0.15, 0.2) is 71.6 Å². The summed E-state index contributed by atoms with van der Waals surface area (Å²) in [6, 6.07) is 15.1. The number of carbonyl (C=O) groups is 2. The number of nitrogens with one attached hydrogen (secondary N) is 2. The Bertz CT molecular complexity index is 1430. The van der Waals surface area contributed by atoms with Crippen LogP contribution in [0.25, 0.3) is 0 Å². The summed E-state index contributed by atoms with van der Waals surface area (Å²) < 4.78 is 47.5. The summed E-state index contributed by atoms with van der Waals surface area (Å²) in [4.78, 5) is 26.2. The third-order valence-corrected chi connectivity index (χ3v) is 7.57. The summed E-state index contributed by atoms with van der Waals surface area (Å²) in [5.74, 6) is -1.03. The zero-order chi connectivity index (χ0) is 27.3. The van der Waals surface area contributed by atoms with E-state index >= 15 is 0 Å². The van der Waals surface area contributed by atoms with Crippen LogP contribution >= 0.6 is 11.6 Å². The van der Waals surface area contributed by atoms with Crippen molar-refractivity contribution in [3.63, 3.8) is 0 Å². The number of likely N-dealkylation sites (tertiary alicyclic amines) is 1. The number of nitrogens with zero attached hydrogens (tertiary/aromatic N) is 1. The average Bonchev–Trinajstić information content (AvgIpc) is 2.90. The van der Waals surface area contributed by atoms with Crippen molar-refractivity contribution in [1.82, 2.24) is 10.2 Å². The second-order valence-electron chi connectivity index (χ2n) is 8.60. The molecule has 4 rings (SSSR count). The molecule has 200 valence electrons. The minimum absolute atomic E-state index is 0.0213. The third-order valence-electron chi connectivity index (χ3n) is 5.89. The summed E-state index contributed by atoms with van der Waals surface area (Å²) in [5.41, 5.74) is 0.305. The standard InChI is InChI=1S/C26H25ClFN3O6S/c27-21-15-18(28)7-10-23(21)37-24-4-2-1-3-22(24)30-38(35,36)20-8-5-17(6-9-20)26(34)29-16-25(33)31-13-11-19(32)12-14-31/h1-10,15,19,30,32H,11-14,16H2,(H,29,34). The summed E-state index contributed by atoms with van der Waals surface area (Å²) in [6.07, 6.45) is 0.591. The molecule has 9 nitrogen and oxygen atoms in total. The molecule has 0 saturated carbocycles. The molecule has 0 radical (unpaired) electrons. The van der Waals surface area contributed by atoms with Crippen molar-refractivity contribution in [2.45, 2.75) is 23.8 Å². The first kappa shape index (κ1) is 27.4. The van der Waals surface area contributed by atoms with Crippen LogP contribution in [0.3, 0.4) is 0 Å². The Morgan fingerprint density at radius 3 is 2.39 bits per heavy atom. The molecule has 1 aliphatic heterocycles. The largest absolute Gasteiger partial charge is 0.454 e. The Labute approximate surface area is 224 Å². The van der Waals surface area contributed by atoms with E-state index < -0.39 is 27.9 Å². The van der Waals surface area contributed by atoms with Gasteiger partial charge in [0.1, 0.15) is 11.6 Å². The molecule has 0 bridgehead atoms. The number of ether oxygens (including phenoxy) is 1.